The quantitative estimate of drug-likeness (QED) is 0.117. The van der Waals surface area contributed by atoms with E-state index in [9.17, 15) is 21.6 Å². The Hall–Kier alpha value is 0.210. The molecule has 150 valence electrons. The first-order valence-corrected chi connectivity index (χ1v) is 13.4. The molecule has 2 unspecified atom stereocenters. The zero-order valence-corrected chi connectivity index (χ0v) is 17.5. The van der Waals surface area contributed by atoms with E-state index in [0.717, 1.165) is 0 Å². The zero-order valence-electron chi connectivity index (χ0n) is 13.3. The van der Waals surface area contributed by atoms with Crippen molar-refractivity contribution in [2.24, 2.45) is 0 Å². The van der Waals surface area contributed by atoms with Gasteiger partial charge in [0.2, 0.25) is 6.49 Å². The lowest BCUT2D eigenvalue weighted by Crippen LogP contribution is -2.22. The largest absolute Gasteiger partial charge is 0.464 e. The maximum absolute atomic E-state index is 11.9. The lowest BCUT2D eigenvalue weighted by Gasteiger charge is -2.25. The number of esters is 1. The fourth-order valence-corrected chi connectivity index (χ4v) is 5.08. The summed E-state index contributed by atoms with van der Waals surface area (Å²) in [6.45, 7) is -1.98. The van der Waals surface area contributed by atoms with E-state index >= 15 is 0 Å². The molecule has 0 aliphatic rings. The first kappa shape index (κ1) is 25.2. The van der Waals surface area contributed by atoms with Crippen molar-refractivity contribution in [3.8, 4) is 0 Å². The molecule has 2 atom stereocenters. The predicted octanol–water partition coefficient (Wildman–Crippen LogP) is 0.704. The summed E-state index contributed by atoms with van der Waals surface area (Å²) in [5.74, 6) is -1.99. The third-order valence-electron chi connectivity index (χ3n) is 2.43. The van der Waals surface area contributed by atoms with Gasteiger partial charge in [0.25, 0.3) is 20.2 Å². The number of hydrogen-bond donors (Lipinski definition) is 3. The van der Waals surface area contributed by atoms with Crippen LogP contribution in [0.25, 0.3) is 0 Å². The summed E-state index contributed by atoms with van der Waals surface area (Å²) in [5, 5.41) is 0. The smallest absolute Gasteiger partial charge is 0.328 e. The monoisotopic (exact) mass is 460 g/mol. The van der Waals surface area contributed by atoms with Crippen LogP contribution in [0.2, 0.25) is 0 Å². The van der Waals surface area contributed by atoms with Crippen molar-refractivity contribution in [2.75, 3.05) is 31.3 Å². The van der Waals surface area contributed by atoms with Crippen LogP contribution < -0.4 is 0 Å². The summed E-state index contributed by atoms with van der Waals surface area (Å²) >= 11 is 9.23. The predicted molar refractivity (Wildman–Crippen MR) is 97.7 cm³/mol. The van der Waals surface area contributed by atoms with Crippen LogP contribution in [-0.4, -0.2) is 68.2 Å². The maximum Gasteiger partial charge on any atom is 0.328 e. The van der Waals surface area contributed by atoms with Crippen molar-refractivity contribution < 1.29 is 44.5 Å². The Balaban J connectivity index is 4.60. The molecule has 0 aliphatic carbocycles. The Kier molecular flexibility index (Phi) is 11.2. The van der Waals surface area contributed by atoms with Gasteiger partial charge < -0.3 is 13.8 Å². The highest BCUT2D eigenvalue weighted by atomic mass is 32.5. The SMILES string of the molecule is CCOP(=S)(OCCCS(=O)(=O)O)C(S)C(=O)OCCCS(=O)(=O)O. The van der Waals surface area contributed by atoms with E-state index in [1.165, 1.54) is 0 Å². The minimum Gasteiger partial charge on any atom is -0.464 e. The van der Waals surface area contributed by atoms with Crippen LogP contribution in [-0.2, 0) is 50.6 Å². The molecule has 2 N–H and O–H groups in total. The molecule has 0 saturated carbocycles. The lowest BCUT2D eigenvalue weighted by molar-refractivity contribution is -0.141. The number of thiol groups is 1. The topological polar surface area (TPSA) is 154 Å². The van der Waals surface area contributed by atoms with Crippen molar-refractivity contribution in [1.29, 1.82) is 0 Å². The molecule has 0 spiro atoms. The maximum atomic E-state index is 11.9. The van der Waals surface area contributed by atoms with E-state index in [1.807, 2.05) is 0 Å². The second-order valence-electron chi connectivity index (χ2n) is 4.61. The minimum atomic E-state index is -4.15. The Morgan fingerprint density at radius 1 is 1.08 bits per heavy atom. The number of hydrogen-bond acceptors (Lipinski definition) is 10. The summed E-state index contributed by atoms with van der Waals surface area (Å²) in [4.78, 5) is 10.7. The Morgan fingerprint density at radius 2 is 1.56 bits per heavy atom. The van der Waals surface area contributed by atoms with Crippen LogP contribution in [0.5, 0.6) is 0 Å². The van der Waals surface area contributed by atoms with E-state index in [4.69, 9.17) is 34.7 Å². The van der Waals surface area contributed by atoms with Gasteiger partial charge in [0, 0.05) is 0 Å². The van der Waals surface area contributed by atoms with E-state index in [0.29, 0.717) is 0 Å². The molecule has 25 heavy (non-hydrogen) atoms. The van der Waals surface area contributed by atoms with Gasteiger partial charge in [-0.05, 0) is 31.6 Å². The van der Waals surface area contributed by atoms with Crippen LogP contribution in [0.1, 0.15) is 19.8 Å². The molecule has 0 bridgehead atoms. The van der Waals surface area contributed by atoms with E-state index in [2.05, 4.69) is 12.6 Å². The highest BCUT2D eigenvalue weighted by Gasteiger charge is 2.35. The van der Waals surface area contributed by atoms with Gasteiger partial charge in [-0.15, -0.1) is 0 Å². The van der Waals surface area contributed by atoms with E-state index in [1.54, 1.807) is 6.92 Å². The zero-order chi connectivity index (χ0) is 19.7. The normalized spacial score (nSPS) is 16.2. The standard InChI is InChI=1S/C10H21O10PS4/c1-2-19-21(23,20-6-4-8-25(15,16)17)10(22)9(11)18-5-3-7-24(12,13)14/h10,22H,2-8H2,1H3,(H,12,13,14)(H,15,16,17). The third kappa shape index (κ3) is 12.3. The van der Waals surface area contributed by atoms with Crippen molar-refractivity contribution in [3.63, 3.8) is 0 Å². The second kappa shape index (κ2) is 11.1. The van der Waals surface area contributed by atoms with Gasteiger partial charge in [0.15, 0.2) is 4.99 Å². The molecule has 0 aromatic rings. The molecule has 15 heteroatoms. The van der Waals surface area contributed by atoms with Gasteiger partial charge in [0.1, 0.15) is 0 Å². The lowest BCUT2D eigenvalue weighted by atomic mass is 10.5. The van der Waals surface area contributed by atoms with Crippen LogP contribution in [0.4, 0.5) is 0 Å². The van der Waals surface area contributed by atoms with Crippen LogP contribution in [0.15, 0.2) is 0 Å². The average Bonchev–Trinajstić information content (AvgIpc) is 2.45. The number of rotatable bonds is 13. The van der Waals surface area contributed by atoms with Gasteiger partial charge in [-0.3, -0.25) is 13.9 Å². The van der Waals surface area contributed by atoms with Crippen molar-refractivity contribution in [1.82, 2.24) is 0 Å². The summed E-state index contributed by atoms with van der Waals surface area (Å²) in [7, 11) is -8.29. The molecule has 0 radical (unpaired) electrons. The molecule has 0 amide bonds. The van der Waals surface area contributed by atoms with Gasteiger partial charge >= 0.3 is 5.97 Å². The average molecular weight is 461 g/mol. The fourth-order valence-electron chi connectivity index (χ4n) is 1.41. The van der Waals surface area contributed by atoms with Gasteiger partial charge in [-0.2, -0.15) is 29.5 Å². The fraction of sp³-hybridized carbons (Fsp3) is 0.900. The summed E-state index contributed by atoms with van der Waals surface area (Å²) < 4.78 is 75.1. The highest BCUT2D eigenvalue weighted by molar-refractivity contribution is 8.15. The molecule has 0 rings (SSSR count). The Labute approximate surface area is 157 Å². The summed E-state index contributed by atoms with van der Waals surface area (Å²) in [6, 6.07) is 0. The third-order valence-corrected chi connectivity index (χ3v) is 8.86. The van der Waals surface area contributed by atoms with Crippen LogP contribution in [0, 0.1) is 0 Å². The van der Waals surface area contributed by atoms with E-state index < -0.39 is 49.2 Å². The molecule has 0 aromatic heterocycles. The van der Waals surface area contributed by atoms with Crippen LogP contribution in [0.3, 0.4) is 0 Å². The van der Waals surface area contributed by atoms with Gasteiger partial charge in [0.05, 0.1) is 31.3 Å². The Bertz CT molecular complexity index is 674. The molecule has 0 fully saturated rings. The minimum absolute atomic E-state index is 0.0613. The molecule has 10 nitrogen and oxygen atoms in total. The van der Waals surface area contributed by atoms with Gasteiger partial charge in [-0.1, -0.05) is 0 Å². The molecular formula is C10H21O10PS4. The number of ether oxygens (including phenoxy) is 1. The molecule has 0 aromatic carbocycles. The molecule has 0 aliphatic heterocycles. The first-order chi connectivity index (χ1) is 11.3. The number of carbonyl (C=O) groups excluding carboxylic acids is 1. The number of carbonyl (C=O) groups is 1. The van der Waals surface area contributed by atoms with Crippen molar-refractivity contribution >= 4 is 57.1 Å². The molecule has 0 heterocycles. The van der Waals surface area contributed by atoms with Gasteiger partial charge in [-0.25, -0.2) is 0 Å². The summed E-state index contributed by atoms with van der Waals surface area (Å²) in [5.41, 5.74) is 0. The molecular weight excluding hydrogens is 439 g/mol. The highest BCUT2D eigenvalue weighted by Crippen LogP contribution is 2.55. The van der Waals surface area contributed by atoms with Crippen LogP contribution >= 0.6 is 19.1 Å². The second-order valence-corrected chi connectivity index (χ2v) is 12.3. The van der Waals surface area contributed by atoms with Crippen molar-refractivity contribution in [3.05, 3.63) is 0 Å². The molecule has 0 saturated heterocycles. The summed E-state index contributed by atoms with van der Waals surface area (Å²) in [6.07, 6.45) is -0.175. The van der Waals surface area contributed by atoms with Crippen molar-refractivity contribution in [2.45, 2.75) is 24.8 Å². The first-order valence-electron chi connectivity index (χ1n) is 6.94. The Morgan fingerprint density at radius 3 is 2.00 bits per heavy atom. The van der Waals surface area contributed by atoms with E-state index in [-0.39, 0.29) is 32.7 Å².